The summed E-state index contributed by atoms with van der Waals surface area (Å²) in [7, 11) is 4.10. The molecule has 144 valence electrons. The SMILES string of the molecule is CC1c2cccc3c2N(CC3)c2ccccc2N1C(=O)CCCN(C)C.Cl. The summed E-state index contributed by atoms with van der Waals surface area (Å²) in [5.74, 6) is 0.213. The molecule has 1 amide bonds. The van der Waals surface area contributed by atoms with Gasteiger partial charge in [-0.05, 0) is 63.7 Å². The van der Waals surface area contributed by atoms with E-state index in [-0.39, 0.29) is 24.4 Å². The predicted molar refractivity (Wildman–Crippen MR) is 115 cm³/mol. The number of hydrogen-bond donors (Lipinski definition) is 0. The average molecular weight is 386 g/mol. The Balaban J connectivity index is 0.00000210. The molecule has 2 aliphatic heterocycles. The number of nitrogens with zero attached hydrogens (tertiary/aromatic N) is 3. The van der Waals surface area contributed by atoms with Crippen LogP contribution < -0.4 is 9.80 Å². The summed E-state index contributed by atoms with van der Waals surface area (Å²) in [6.07, 6.45) is 2.53. The van der Waals surface area contributed by atoms with Crippen LogP contribution in [0.5, 0.6) is 0 Å². The van der Waals surface area contributed by atoms with Crippen molar-refractivity contribution in [2.45, 2.75) is 32.2 Å². The molecule has 0 aliphatic carbocycles. The highest BCUT2D eigenvalue weighted by atomic mass is 35.5. The highest BCUT2D eigenvalue weighted by Crippen LogP contribution is 2.49. The van der Waals surface area contributed by atoms with Gasteiger partial charge in [0.2, 0.25) is 5.91 Å². The minimum atomic E-state index is 0. The molecular weight excluding hydrogens is 358 g/mol. The highest BCUT2D eigenvalue weighted by molar-refractivity contribution is 6.00. The van der Waals surface area contributed by atoms with Gasteiger partial charge in [0.05, 0.1) is 17.4 Å². The van der Waals surface area contributed by atoms with Crippen LogP contribution in [0.2, 0.25) is 0 Å². The fourth-order valence-corrected chi connectivity index (χ4v) is 4.33. The molecular formula is C22H28ClN3O. The number of para-hydroxylation sites is 3. The van der Waals surface area contributed by atoms with Crippen molar-refractivity contribution in [2.75, 3.05) is 37.0 Å². The summed E-state index contributed by atoms with van der Waals surface area (Å²) in [5.41, 5.74) is 6.17. The van der Waals surface area contributed by atoms with Crippen molar-refractivity contribution in [1.82, 2.24) is 4.90 Å². The molecule has 4 nitrogen and oxygen atoms in total. The van der Waals surface area contributed by atoms with Crippen LogP contribution in [0.25, 0.3) is 0 Å². The molecule has 0 spiro atoms. The van der Waals surface area contributed by atoms with Gasteiger partial charge in [-0.1, -0.05) is 30.3 Å². The fraction of sp³-hybridized carbons (Fsp3) is 0.409. The number of carbonyl (C=O) groups is 1. The van der Waals surface area contributed by atoms with Gasteiger partial charge in [0.25, 0.3) is 0 Å². The molecule has 0 saturated carbocycles. The number of carbonyl (C=O) groups excluding carboxylic acids is 1. The molecule has 0 N–H and O–H groups in total. The lowest BCUT2D eigenvalue weighted by molar-refractivity contribution is -0.119. The zero-order chi connectivity index (χ0) is 18.3. The summed E-state index contributed by atoms with van der Waals surface area (Å²) >= 11 is 0. The molecule has 1 unspecified atom stereocenters. The summed E-state index contributed by atoms with van der Waals surface area (Å²) in [6, 6.07) is 15.0. The first-order valence-corrected chi connectivity index (χ1v) is 9.53. The number of amides is 1. The zero-order valence-corrected chi connectivity index (χ0v) is 17.1. The lowest BCUT2D eigenvalue weighted by Gasteiger charge is -2.30. The van der Waals surface area contributed by atoms with Crippen molar-refractivity contribution in [3.8, 4) is 0 Å². The van der Waals surface area contributed by atoms with Gasteiger partial charge in [0.1, 0.15) is 0 Å². The summed E-state index contributed by atoms with van der Waals surface area (Å²) in [4.78, 5) is 19.8. The van der Waals surface area contributed by atoms with E-state index in [2.05, 4.69) is 67.2 Å². The van der Waals surface area contributed by atoms with E-state index in [4.69, 9.17) is 0 Å². The maximum absolute atomic E-state index is 13.2. The quantitative estimate of drug-likeness (QED) is 0.772. The number of benzene rings is 2. The van der Waals surface area contributed by atoms with E-state index in [0.717, 1.165) is 37.3 Å². The van der Waals surface area contributed by atoms with Crippen molar-refractivity contribution < 1.29 is 4.79 Å². The fourth-order valence-electron chi connectivity index (χ4n) is 4.33. The van der Waals surface area contributed by atoms with Crippen LogP contribution in [0.1, 0.15) is 36.9 Å². The molecule has 0 aromatic heterocycles. The number of hydrogen-bond acceptors (Lipinski definition) is 3. The Hall–Kier alpha value is -2.04. The zero-order valence-electron chi connectivity index (χ0n) is 16.3. The molecule has 27 heavy (non-hydrogen) atoms. The van der Waals surface area contributed by atoms with Crippen LogP contribution >= 0.6 is 12.4 Å². The number of fused-ring (bicyclic) bond motifs is 2. The van der Waals surface area contributed by atoms with Gasteiger partial charge in [-0.2, -0.15) is 0 Å². The second kappa shape index (κ2) is 7.91. The van der Waals surface area contributed by atoms with Gasteiger partial charge < -0.3 is 14.7 Å². The normalized spacial score (nSPS) is 17.3. The van der Waals surface area contributed by atoms with Gasteiger partial charge in [-0.15, -0.1) is 12.4 Å². The van der Waals surface area contributed by atoms with Gasteiger partial charge in [-0.25, -0.2) is 0 Å². The van der Waals surface area contributed by atoms with E-state index in [9.17, 15) is 4.79 Å². The Morgan fingerprint density at radius 1 is 1.11 bits per heavy atom. The van der Waals surface area contributed by atoms with Gasteiger partial charge in [0.15, 0.2) is 0 Å². The maximum atomic E-state index is 13.2. The Labute approximate surface area is 168 Å². The van der Waals surface area contributed by atoms with Gasteiger partial charge >= 0.3 is 0 Å². The van der Waals surface area contributed by atoms with Crippen LogP contribution in [0, 0.1) is 0 Å². The van der Waals surface area contributed by atoms with E-state index in [0.29, 0.717) is 6.42 Å². The lowest BCUT2D eigenvalue weighted by atomic mass is 10.0. The van der Waals surface area contributed by atoms with Crippen molar-refractivity contribution in [3.05, 3.63) is 53.6 Å². The number of rotatable bonds is 4. The molecule has 5 heteroatoms. The molecule has 0 radical (unpaired) electrons. The second-order valence-corrected chi connectivity index (χ2v) is 7.59. The average Bonchev–Trinajstić information content (AvgIpc) is 3.01. The molecule has 1 atom stereocenters. The Bertz CT molecular complexity index is 836. The van der Waals surface area contributed by atoms with Crippen LogP contribution in [-0.2, 0) is 11.2 Å². The Morgan fingerprint density at radius 2 is 1.85 bits per heavy atom. The van der Waals surface area contributed by atoms with E-state index in [1.54, 1.807) is 0 Å². The van der Waals surface area contributed by atoms with E-state index >= 15 is 0 Å². The third-order valence-electron chi connectivity index (χ3n) is 5.56. The molecule has 2 aliphatic rings. The summed E-state index contributed by atoms with van der Waals surface area (Å²) in [6.45, 7) is 4.08. The van der Waals surface area contributed by atoms with Crippen LogP contribution in [-0.4, -0.2) is 38.0 Å². The maximum Gasteiger partial charge on any atom is 0.227 e. The molecule has 2 aromatic rings. The standard InChI is InChI=1S/C22H27N3O.ClH/c1-16-18-9-6-8-17-13-15-24(22(17)18)19-10-4-5-11-20(19)25(16)21(26)12-7-14-23(2)3;/h4-6,8-11,16H,7,12-15H2,1-3H3;1H. The third-order valence-corrected chi connectivity index (χ3v) is 5.56. The number of anilines is 3. The highest BCUT2D eigenvalue weighted by Gasteiger charge is 2.35. The van der Waals surface area contributed by atoms with E-state index < -0.39 is 0 Å². The number of halogens is 1. The van der Waals surface area contributed by atoms with Crippen molar-refractivity contribution in [2.24, 2.45) is 0 Å². The van der Waals surface area contributed by atoms with Gasteiger partial charge in [-0.3, -0.25) is 4.79 Å². The molecule has 0 saturated heterocycles. The molecule has 4 rings (SSSR count). The molecule has 0 bridgehead atoms. The third kappa shape index (κ3) is 3.44. The van der Waals surface area contributed by atoms with Crippen molar-refractivity contribution in [1.29, 1.82) is 0 Å². The van der Waals surface area contributed by atoms with E-state index in [1.165, 1.54) is 16.8 Å². The van der Waals surface area contributed by atoms with Crippen molar-refractivity contribution in [3.63, 3.8) is 0 Å². The van der Waals surface area contributed by atoms with Crippen LogP contribution in [0.15, 0.2) is 42.5 Å². The van der Waals surface area contributed by atoms with Crippen molar-refractivity contribution >= 4 is 35.4 Å². The smallest absolute Gasteiger partial charge is 0.227 e. The molecule has 2 heterocycles. The first-order chi connectivity index (χ1) is 12.6. The minimum Gasteiger partial charge on any atom is -0.339 e. The Kier molecular flexibility index (Phi) is 5.78. The first-order valence-electron chi connectivity index (χ1n) is 9.53. The molecule has 0 fully saturated rings. The second-order valence-electron chi connectivity index (χ2n) is 7.59. The van der Waals surface area contributed by atoms with Gasteiger partial charge in [0, 0.05) is 18.7 Å². The monoisotopic (exact) mass is 385 g/mol. The first kappa shape index (κ1) is 19.7. The predicted octanol–water partition coefficient (Wildman–Crippen LogP) is 4.55. The molecule has 2 aromatic carbocycles. The largest absolute Gasteiger partial charge is 0.339 e. The lowest BCUT2D eigenvalue weighted by Crippen LogP contribution is -2.33. The summed E-state index contributed by atoms with van der Waals surface area (Å²) in [5, 5.41) is 0. The Morgan fingerprint density at radius 3 is 2.59 bits per heavy atom. The summed E-state index contributed by atoms with van der Waals surface area (Å²) < 4.78 is 0. The minimum absolute atomic E-state index is 0. The van der Waals surface area contributed by atoms with Crippen LogP contribution in [0.3, 0.4) is 0 Å². The van der Waals surface area contributed by atoms with E-state index in [1.807, 2.05) is 11.0 Å². The van der Waals surface area contributed by atoms with Crippen LogP contribution in [0.4, 0.5) is 17.1 Å². The topological polar surface area (TPSA) is 26.8 Å².